The zero-order chi connectivity index (χ0) is 14.1. The van der Waals surface area contributed by atoms with E-state index in [9.17, 15) is 9.90 Å². The maximum Gasteiger partial charge on any atom is 0.337 e. The SMILES string of the molecule is COC(=O)[C@H]1O[C@H](CO[Si](C)(C)C(C)(C)C)[C@@H]1O. The number of esters is 1. The zero-order valence-electron chi connectivity index (χ0n) is 12.0. The Balaban J connectivity index is 2.42. The number of methoxy groups -OCH3 is 1. The van der Waals surface area contributed by atoms with Crippen molar-refractivity contribution in [2.45, 2.75) is 57.2 Å². The maximum absolute atomic E-state index is 11.2. The van der Waals surface area contributed by atoms with E-state index in [1.807, 2.05) is 0 Å². The average Bonchev–Trinajstić information content (AvgIpc) is 2.24. The molecule has 0 aromatic rings. The molecule has 1 fully saturated rings. The third-order valence-corrected chi connectivity index (χ3v) is 8.36. The monoisotopic (exact) mass is 276 g/mol. The second-order valence-corrected chi connectivity index (χ2v) is 11.0. The predicted molar refractivity (Wildman–Crippen MR) is 69.8 cm³/mol. The number of hydrogen-bond donors (Lipinski definition) is 1. The summed E-state index contributed by atoms with van der Waals surface area (Å²) in [5.74, 6) is -0.536. The number of aliphatic hydroxyl groups is 1. The van der Waals surface area contributed by atoms with Crippen molar-refractivity contribution in [1.82, 2.24) is 0 Å². The molecule has 0 aromatic carbocycles. The second kappa shape index (κ2) is 5.28. The van der Waals surface area contributed by atoms with Gasteiger partial charge in [-0.2, -0.15) is 0 Å². The molecule has 0 aliphatic carbocycles. The third kappa shape index (κ3) is 3.11. The van der Waals surface area contributed by atoms with Crippen molar-refractivity contribution in [3.8, 4) is 0 Å². The lowest BCUT2D eigenvalue weighted by Crippen LogP contribution is -2.60. The van der Waals surface area contributed by atoms with Crippen LogP contribution in [0, 0.1) is 0 Å². The number of rotatable bonds is 4. The fourth-order valence-electron chi connectivity index (χ4n) is 1.41. The number of ether oxygens (including phenoxy) is 2. The molecule has 106 valence electrons. The van der Waals surface area contributed by atoms with Gasteiger partial charge in [0.15, 0.2) is 14.4 Å². The van der Waals surface area contributed by atoms with Crippen LogP contribution < -0.4 is 0 Å². The third-order valence-electron chi connectivity index (χ3n) is 3.86. The predicted octanol–water partition coefficient (Wildman–Crippen LogP) is 1.31. The van der Waals surface area contributed by atoms with Crippen LogP contribution in [0.4, 0.5) is 0 Å². The van der Waals surface area contributed by atoms with E-state index >= 15 is 0 Å². The summed E-state index contributed by atoms with van der Waals surface area (Å²) >= 11 is 0. The van der Waals surface area contributed by atoms with E-state index < -0.39 is 32.6 Å². The Morgan fingerprint density at radius 3 is 2.33 bits per heavy atom. The smallest absolute Gasteiger partial charge is 0.337 e. The van der Waals surface area contributed by atoms with Gasteiger partial charge in [0, 0.05) is 0 Å². The van der Waals surface area contributed by atoms with Crippen LogP contribution in [0.5, 0.6) is 0 Å². The second-order valence-electron chi connectivity index (χ2n) is 6.18. The summed E-state index contributed by atoms with van der Waals surface area (Å²) in [6, 6.07) is 0. The molecule has 1 heterocycles. The topological polar surface area (TPSA) is 65.0 Å². The van der Waals surface area contributed by atoms with Crippen LogP contribution >= 0.6 is 0 Å². The minimum atomic E-state index is -1.84. The highest BCUT2D eigenvalue weighted by Crippen LogP contribution is 2.37. The minimum absolute atomic E-state index is 0.115. The Labute approximate surface area is 110 Å². The fourth-order valence-corrected chi connectivity index (χ4v) is 2.42. The standard InChI is InChI=1S/C12H24O5Si/c1-12(2,3)18(5,6)16-7-8-9(13)10(17-8)11(14)15-4/h8-10,13H,7H2,1-6H3/t8-,9+,10+/m1/s1. The molecule has 0 radical (unpaired) electrons. The van der Waals surface area contributed by atoms with Crippen LogP contribution in [-0.4, -0.2) is 51.4 Å². The van der Waals surface area contributed by atoms with Crippen LogP contribution in [0.1, 0.15) is 20.8 Å². The molecular weight excluding hydrogens is 252 g/mol. The molecule has 0 spiro atoms. The first-order chi connectivity index (χ1) is 8.10. The number of aliphatic hydroxyl groups excluding tert-OH is 1. The molecule has 5 nitrogen and oxygen atoms in total. The Morgan fingerprint density at radius 2 is 1.94 bits per heavy atom. The van der Waals surface area contributed by atoms with Crippen molar-refractivity contribution >= 4 is 14.3 Å². The van der Waals surface area contributed by atoms with Crippen LogP contribution in [0.2, 0.25) is 18.1 Å². The lowest BCUT2D eigenvalue weighted by atomic mass is 10.0. The van der Waals surface area contributed by atoms with Crippen molar-refractivity contribution in [2.75, 3.05) is 13.7 Å². The zero-order valence-corrected chi connectivity index (χ0v) is 13.0. The molecule has 6 heteroatoms. The molecule has 1 aliphatic rings. The molecule has 3 atom stereocenters. The molecule has 1 saturated heterocycles. The quantitative estimate of drug-likeness (QED) is 0.619. The lowest BCUT2D eigenvalue weighted by molar-refractivity contribution is -0.238. The van der Waals surface area contributed by atoms with Crippen molar-refractivity contribution in [3.05, 3.63) is 0 Å². The normalized spacial score (nSPS) is 28.7. The molecule has 1 rings (SSSR count). The Hall–Kier alpha value is -0.433. The van der Waals surface area contributed by atoms with Gasteiger partial charge in [0.1, 0.15) is 12.2 Å². The van der Waals surface area contributed by atoms with Gasteiger partial charge >= 0.3 is 5.97 Å². The molecule has 18 heavy (non-hydrogen) atoms. The van der Waals surface area contributed by atoms with E-state index in [0.29, 0.717) is 6.61 Å². The summed E-state index contributed by atoms with van der Waals surface area (Å²) in [7, 11) is -0.569. The number of carbonyl (C=O) groups excluding carboxylic acids is 1. The van der Waals surface area contributed by atoms with Crippen LogP contribution in [-0.2, 0) is 18.7 Å². The van der Waals surface area contributed by atoms with Crippen molar-refractivity contribution < 1.29 is 23.8 Å². The van der Waals surface area contributed by atoms with Gasteiger partial charge in [-0.3, -0.25) is 0 Å². The molecule has 0 aromatic heterocycles. The molecule has 1 N–H and O–H groups in total. The fraction of sp³-hybridized carbons (Fsp3) is 0.917. The van der Waals surface area contributed by atoms with Crippen LogP contribution in [0.25, 0.3) is 0 Å². The van der Waals surface area contributed by atoms with E-state index in [-0.39, 0.29) is 5.04 Å². The van der Waals surface area contributed by atoms with E-state index in [1.165, 1.54) is 7.11 Å². The first kappa shape index (κ1) is 15.6. The number of carbonyl (C=O) groups is 1. The van der Waals surface area contributed by atoms with Crippen LogP contribution in [0.3, 0.4) is 0 Å². The average molecular weight is 276 g/mol. The van der Waals surface area contributed by atoms with E-state index in [0.717, 1.165) is 0 Å². The van der Waals surface area contributed by atoms with E-state index in [2.05, 4.69) is 38.6 Å². The number of hydrogen-bond acceptors (Lipinski definition) is 5. The summed E-state index contributed by atoms with van der Waals surface area (Å²) in [5, 5.41) is 9.89. The van der Waals surface area contributed by atoms with Crippen molar-refractivity contribution in [3.63, 3.8) is 0 Å². The lowest BCUT2D eigenvalue weighted by Gasteiger charge is -2.43. The van der Waals surface area contributed by atoms with Crippen LogP contribution in [0.15, 0.2) is 0 Å². The molecule has 0 amide bonds. The molecule has 0 unspecified atom stereocenters. The summed E-state index contributed by atoms with van der Waals surface area (Å²) in [4.78, 5) is 11.2. The van der Waals surface area contributed by atoms with Gasteiger partial charge < -0.3 is 19.0 Å². The first-order valence-corrected chi connectivity index (χ1v) is 9.06. The first-order valence-electron chi connectivity index (χ1n) is 6.15. The van der Waals surface area contributed by atoms with Gasteiger partial charge in [0.25, 0.3) is 0 Å². The van der Waals surface area contributed by atoms with Gasteiger partial charge in [0.05, 0.1) is 13.7 Å². The summed E-state index contributed by atoms with van der Waals surface area (Å²) in [5.41, 5.74) is 0. The van der Waals surface area contributed by atoms with Gasteiger partial charge in [-0.25, -0.2) is 4.79 Å². The highest BCUT2D eigenvalue weighted by atomic mass is 28.4. The Morgan fingerprint density at radius 1 is 1.39 bits per heavy atom. The van der Waals surface area contributed by atoms with Gasteiger partial charge in [-0.1, -0.05) is 20.8 Å². The highest BCUT2D eigenvalue weighted by molar-refractivity contribution is 6.74. The van der Waals surface area contributed by atoms with Gasteiger partial charge in [-0.15, -0.1) is 0 Å². The molecule has 0 bridgehead atoms. The minimum Gasteiger partial charge on any atom is -0.467 e. The Bertz CT molecular complexity index is 310. The van der Waals surface area contributed by atoms with Crippen molar-refractivity contribution in [1.29, 1.82) is 0 Å². The van der Waals surface area contributed by atoms with Gasteiger partial charge in [0.2, 0.25) is 0 Å². The maximum atomic E-state index is 11.2. The largest absolute Gasteiger partial charge is 0.467 e. The van der Waals surface area contributed by atoms with Crippen molar-refractivity contribution in [2.24, 2.45) is 0 Å². The highest BCUT2D eigenvalue weighted by Gasteiger charge is 2.48. The molecule has 0 saturated carbocycles. The van der Waals surface area contributed by atoms with E-state index in [4.69, 9.17) is 9.16 Å². The summed E-state index contributed by atoms with van der Waals surface area (Å²) in [6.45, 7) is 11.0. The molecular formula is C12H24O5Si. The summed E-state index contributed by atoms with van der Waals surface area (Å²) < 4.78 is 15.7. The van der Waals surface area contributed by atoms with Gasteiger partial charge in [-0.05, 0) is 18.1 Å². The molecule has 1 aliphatic heterocycles. The Kier molecular flexibility index (Phi) is 4.59. The summed E-state index contributed by atoms with van der Waals surface area (Å²) in [6.07, 6.45) is -2.12. The van der Waals surface area contributed by atoms with E-state index in [1.54, 1.807) is 0 Å².